The molecule has 0 aliphatic carbocycles. The van der Waals surface area contributed by atoms with E-state index in [4.69, 9.17) is 33.5 Å². The summed E-state index contributed by atoms with van der Waals surface area (Å²) < 4.78 is 5.65. The van der Waals surface area contributed by atoms with Crippen LogP contribution in [0.1, 0.15) is 0 Å². The first-order chi connectivity index (χ1) is 10.0. The van der Waals surface area contributed by atoms with Crippen LogP contribution in [0.3, 0.4) is 0 Å². The quantitative estimate of drug-likeness (QED) is 0.596. The van der Waals surface area contributed by atoms with Gasteiger partial charge in [-0.2, -0.15) is 4.99 Å². The third-order valence-corrected chi connectivity index (χ3v) is 2.63. The van der Waals surface area contributed by atoms with Gasteiger partial charge < -0.3 is 21.9 Å². The minimum Gasteiger partial charge on any atom is -0.457 e. The fourth-order valence-corrected chi connectivity index (χ4v) is 1.64. The summed E-state index contributed by atoms with van der Waals surface area (Å²) in [6.45, 7) is 0. The Bertz CT molecular complexity index is 661. The second-order valence-corrected chi connectivity index (χ2v) is 4.49. The first-order valence-corrected chi connectivity index (χ1v) is 6.38. The summed E-state index contributed by atoms with van der Waals surface area (Å²) in [6.07, 6.45) is 0. The monoisotopic (exact) mass is 303 g/mol. The molecule has 0 radical (unpaired) electrons. The van der Waals surface area contributed by atoms with Crippen LogP contribution in [-0.4, -0.2) is 11.9 Å². The smallest absolute Gasteiger partial charge is 0.223 e. The topological polar surface area (TPSA) is 112 Å². The third kappa shape index (κ3) is 4.70. The highest BCUT2D eigenvalue weighted by atomic mass is 35.5. The summed E-state index contributed by atoms with van der Waals surface area (Å²) in [4.78, 5) is 7.66. The molecule has 0 aromatic heterocycles. The van der Waals surface area contributed by atoms with E-state index in [1.54, 1.807) is 48.5 Å². The lowest BCUT2D eigenvalue weighted by Crippen LogP contribution is -2.26. The van der Waals surface area contributed by atoms with Crippen molar-refractivity contribution in [3.8, 4) is 11.5 Å². The molecule has 6 N–H and O–H groups in total. The molecule has 0 bridgehead atoms. The van der Waals surface area contributed by atoms with E-state index in [-0.39, 0.29) is 11.9 Å². The molecule has 108 valence electrons. The van der Waals surface area contributed by atoms with Crippen molar-refractivity contribution in [3.05, 3.63) is 53.6 Å². The van der Waals surface area contributed by atoms with Gasteiger partial charge in [0, 0.05) is 5.02 Å². The molecular weight excluding hydrogens is 290 g/mol. The van der Waals surface area contributed by atoms with Crippen LogP contribution in [0.2, 0.25) is 5.02 Å². The Kier molecular flexibility index (Phi) is 4.63. The number of nitrogens with two attached hydrogens (primary N) is 3. The lowest BCUT2D eigenvalue weighted by Gasteiger charge is -2.05. The van der Waals surface area contributed by atoms with Gasteiger partial charge in [-0.15, -0.1) is 0 Å². The third-order valence-electron chi connectivity index (χ3n) is 2.37. The number of guanidine groups is 2. The molecular formula is C14H14ClN5O. The summed E-state index contributed by atoms with van der Waals surface area (Å²) in [5, 5.41) is 0.655. The summed E-state index contributed by atoms with van der Waals surface area (Å²) >= 11 is 5.81. The normalized spacial score (nSPS) is 11.0. The molecule has 0 spiro atoms. The molecule has 0 saturated carbocycles. The first kappa shape index (κ1) is 14.7. The number of hydrogen-bond acceptors (Lipinski definition) is 2. The van der Waals surface area contributed by atoms with E-state index in [0.717, 1.165) is 0 Å². The van der Waals surface area contributed by atoms with Gasteiger partial charge in [-0.25, -0.2) is 4.99 Å². The zero-order valence-corrected chi connectivity index (χ0v) is 11.8. The molecule has 0 amide bonds. The van der Waals surface area contributed by atoms with Gasteiger partial charge in [0.2, 0.25) is 5.96 Å². The van der Waals surface area contributed by atoms with Crippen LogP contribution in [0.25, 0.3) is 0 Å². The highest BCUT2D eigenvalue weighted by Gasteiger charge is 1.98. The number of benzene rings is 2. The van der Waals surface area contributed by atoms with Crippen LogP contribution in [0.15, 0.2) is 58.5 Å². The maximum absolute atomic E-state index is 5.81. The standard InChI is InChI=1S/C14H14ClN5O/c15-9-1-5-11(6-2-9)21-12-7-3-10(4-8-12)19-14(18)20-13(16)17/h1-8H,(H6,16,17,18,19,20). The number of ether oxygens (including phenoxy) is 1. The van der Waals surface area contributed by atoms with Crippen molar-refractivity contribution < 1.29 is 4.74 Å². The van der Waals surface area contributed by atoms with E-state index < -0.39 is 0 Å². The van der Waals surface area contributed by atoms with Crippen molar-refractivity contribution in [3.63, 3.8) is 0 Å². The van der Waals surface area contributed by atoms with E-state index in [0.29, 0.717) is 22.2 Å². The van der Waals surface area contributed by atoms with Gasteiger partial charge in [0.25, 0.3) is 0 Å². The van der Waals surface area contributed by atoms with E-state index in [1.807, 2.05) is 0 Å². The Labute approximate surface area is 126 Å². The van der Waals surface area contributed by atoms with Gasteiger partial charge in [-0.3, -0.25) is 0 Å². The summed E-state index contributed by atoms with van der Waals surface area (Å²) in [7, 11) is 0. The maximum atomic E-state index is 5.81. The number of rotatable bonds is 3. The van der Waals surface area contributed by atoms with Crippen molar-refractivity contribution in [2.75, 3.05) is 0 Å². The molecule has 2 aromatic rings. The average Bonchev–Trinajstić information content (AvgIpc) is 2.42. The molecule has 6 nitrogen and oxygen atoms in total. The molecule has 0 aliphatic heterocycles. The van der Waals surface area contributed by atoms with Gasteiger partial charge in [0.1, 0.15) is 11.5 Å². The maximum Gasteiger partial charge on any atom is 0.223 e. The summed E-state index contributed by atoms with van der Waals surface area (Å²) in [5.74, 6) is 1.20. The van der Waals surface area contributed by atoms with Crippen LogP contribution in [-0.2, 0) is 0 Å². The number of halogens is 1. The van der Waals surface area contributed by atoms with Crippen LogP contribution in [0, 0.1) is 0 Å². The van der Waals surface area contributed by atoms with Gasteiger partial charge in [0.15, 0.2) is 5.96 Å². The molecule has 0 atom stereocenters. The lowest BCUT2D eigenvalue weighted by atomic mass is 10.3. The second kappa shape index (κ2) is 6.62. The number of aliphatic imine (C=N–C) groups is 2. The molecule has 0 unspecified atom stereocenters. The molecule has 0 aliphatic rings. The van der Waals surface area contributed by atoms with Crippen molar-refractivity contribution in [2.24, 2.45) is 27.2 Å². The minimum atomic E-state index is -0.140. The van der Waals surface area contributed by atoms with Gasteiger partial charge >= 0.3 is 0 Å². The predicted molar refractivity (Wildman–Crippen MR) is 85.1 cm³/mol. The molecule has 2 rings (SSSR count). The Morgan fingerprint density at radius 2 is 1.38 bits per heavy atom. The second-order valence-electron chi connectivity index (χ2n) is 4.06. The number of nitrogens with zero attached hydrogens (tertiary/aromatic N) is 2. The average molecular weight is 304 g/mol. The van der Waals surface area contributed by atoms with E-state index in [2.05, 4.69) is 9.98 Å². The minimum absolute atomic E-state index is 0.0126. The molecule has 0 heterocycles. The predicted octanol–water partition coefficient (Wildman–Crippen LogP) is 2.35. The van der Waals surface area contributed by atoms with E-state index in [1.165, 1.54) is 0 Å². The van der Waals surface area contributed by atoms with Gasteiger partial charge in [-0.1, -0.05) is 11.6 Å². The van der Waals surface area contributed by atoms with Crippen molar-refractivity contribution in [1.82, 2.24) is 0 Å². The zero-order valence-electron chi connectivity index (χ0n) is 11.0. The lowest BCUT2D eigenvalue weighted by molar-refractivity contribution is 0.483. The van der Waals surface area contributed by atoms with E-state index in [9.17, 15) is 0 Å². The fraction of sp³-hybridized carbons (Fsp3) is 0. The summed E-state index contributed by atoms with van der Waals surface area (Å²) in [5.41, 5.74) is 16.6. The van der Waals surface area contributed by atoms with Crippen molar-refractivity contribution >= 4 is 29.2 Å². The Morgan fingerprint density at radius 1 is 0.857 bits per heavy atom. The van der Waals surface area contributed by atoms with Crippen LogP contribution >= 0.6 is 11.6 Å². The van der Waals surface area contributed by atoms with Crippen molar-refractivity contribution in [1.29, 1.82) is 0 Å². The molecule has 0 fully saturated rings. The Morgan fingerprint density at radius 3 is 1.90 bits per heavy atom. The molecule has 7 heteroatoms. The first-order valence-electron chi connectivity index (χ1n) is 6.00. The van der Waals surface area contributed by atoms with E-state index >= 15 is 0 Å². The molecule has 21 heavy (non-hydrogen) atoms. The van der Waals surface area contributed by atoms with Crippen LogP contribution in [0.5, 0.6) is 11.5 Å². The highest BCUT2D eigenvalue weighted by molar-refractivity contribution is 6.30. The van der Waals surface area contributed by atoms with Gasteiger partial charge in [0.05, 0.1) is 5.69 Å². The van der Waals surface area contributed by atoms with Crippen LogP contribution in [0.4, 0.5) is 5.69 Å². The number of hydrogen-bond donors (Lipinski definition) is 3. The Hall–Kier alpha value is -2.73. The molecule has 2 aromatic carbocycles. The van der Waals surface area contributed by atoms with Crippen molar-refractivity contribution in [2.45, 2.75) is 0 Å². The Balaban J connectivity index is 2.08. The highest BCUT2D eigenvalue weighted by Crippen LogP contribution is 2.25. The largest absolute Gasteiger partial charge is 0.457 e. The molecule has 0 saturated heterocycles. The summed E-state index contributed by atoms with van der Waals surface area (Å²) in [6, 6.07) is 14.1. The van der Waals surface area contributed by atoms with Gasteiger partial charge in [-0.05, 0) is 48.5 Å². The SMILES string of the molecule is NC(N)=NC(N)=Nc1ccc(Oc2ccc(Cl)cc2)cc1. The fourth-order valence-electron chi connectivity index (χ4n) is 1.52. The van der Waals surface area contributed by atoms with Crippen LogP contribution < -0.4 is 21.9 Å². The zero-order chi connectivity index (χ0) is 15.2.